The summed E-state index contributed by atoms with van der Waals surface area (Å²) in [7, 11) is 2.14. The second-order valence-corrected chi connectivity index (χ2v) is 4.24. The lowest BCUT2D eigenvalue weighted by atomic mass is 10.1. The van der Waals surface area contributed by atoms with Gasteiger partial charge in [0.05, 0.1) is 0 Å². The fourth-order valence-corrected chi connectivity index (χ4v) is 1.42. The molecule has 0 aromatic carbocycles. The summed E-state index contributed by atoms with van der Waals surface area (Å²) in [6.07, 6.45) is 5.32. The zero-order valence-corrected chi connectivity index (χ0v) is 9.93. The first kappa shape index (κ1) is 12.9. The molecule has 0 fully saturated rings. The van der Waals surface area contributed by atoms with E-state index in [4.69, 9.17) is 0 Å². The van der Waals surface area contributed by atoms with Crippen molar-refractivity contribution in [3.8, 4) is 0 Å². The summed E-state index contributed by atoms with van der Waals surface area (Å²) in [5.41, 5.74) is 3.40. The molecular weight excluding hydrogens is 160 g/mol. The SMILES string of the molecule is CCCCCC(C)N(C)NC(C)C. The molecule has 13 heavy (non-hydrogen) atoms. The maximum absolute atomic E-state index is 3.40. The van der Waals surface area contributed by atoms with Crippen molar-refractivity contribution in [2.75, 3.05) is 7.05 Å². The minimum Gasteiger partial charge on any atom is -0.253 e. The average molecular weight is 186 g/mol. The summed E-state index contributed by atoms with van der Waals surface area (Å²) in [4.78, 5) is 0. The molecule has 0 bridgehead atoms. The maximum atomic E-state index is 3.40. The Kier molecular flexibility index (Phi) is 7.29. The molecule has 0 saturated heterocycles. The number of hydrogen-bond donors (Lipinski definition) is 1. The first-order chi connectivity index (χ1) is 6.07. The van der Waals surface area contributed by atoms with E-state index in [9.17, 15) is 0 Å². The van der Waals surface area contributed by atoms with Crippen molar-refractivity contribution in [2.45, 2.75) is 65.5 Å². The second kappa shape index (κ2) is 7.34. The second-order valence-electron chi connectivity index (χ2n) is 4.24. The van der Waals surface area contributed by atoms with Gasteiger partial charge in [0.15, 0.2) is 0 Å². The largest absolute Gasteiger partial charge is 0.253 e. The summed E-state index contributed by atoms with van der Waals surface area (Å²) >= 11 is 0. The van der Waals surface area contributed by atoms with Crippen LogP contribution in [0.4, 0.5) is 0 Å². The molecule has 2 nitrogen and oxygen atoms in total. The summed E-state index contributed by atoms with van der Waals surface area (Å²) in [5, 5.41) is 2.24. The molecule has 1 atom stereocenters. The van der Waals surface area contributed by atoms with E-state index in [0.29, 0.717) is 12.1 Å². The molecule has 0 aromatic rings. The van der Waals surface area contributed by atoms with Crippen molar-refractivity contribution in [3.63, 3.8) is 0 Å². The molecular formula is C11H26N2. The van der Waals surface area contributed by atoms with Gasteiger partial charge in [0, 0.05) is 19.1 Å². The maximum Gasteiger partial charge on any atom is 0.0212 e. The predicted molar refractivity (Wildman–Crippen MR) is 59.6 cm³/mol. The number of nitrogens with one attached hydrogen (secondary N) is 1. The first-order valence-electron chi connectivity index (χ1n) is 5.57. The molecule has 0 heterocycles. The van der Waals surface area contributed by atoms with Crippen LogP contribution in [0.1, 0.15) is 53.4 Å². The van der Waals surface area contributed by atoms with Gasteiger partial charge in [0.2, 0.25) is 0 Å². The van der Waals surface area contributed by atoms with Crippen LogP contribution in [0.3, 0.4) is 0 Å². The van der Waals surface area contributed by atoms with Gasteiger partial charge in [0.1, 0.15) is 0 Å². The van der Waals surface area contributed by atoms with Gasteiger partial charge in [-0.15, -0.1) is 0 Å². The van der Waals surface area contributed by atoms with Crippen LogP contribution >= 0.6 is 0 Å². The van der Waals surface area contributed by atoms with Gasteiger partial charge in [-0.05, 0) is 27.2 Å². The minimum absolute atomic E-state index is 0.540. The van der Waals surface area contributed by atoms with E-state index < -0.39 is 0 Å². The average Bonchev–Trinajstić information content (AvgIpc) is 2.03. The number of rotatable bonds is 7. The summed E-state index contributed by atoms with van der Waals surface area (Å²) in [6.45, 7) is 8.89. The van der Waals surface area contributed by atoms with E-state index in [1.54, 1.807) is 0 Å². The van der Waals surface area contributed by atoms with Crippen molar-refractivity contribution in [1.29, 1.82) is 0 Å². The number of nitrogens with zero attached hydrogens (tertiary/aromatic N) is 1. The van der Waals surface area contributed by atoms with E-state index in [-0.39, 0.29) is 0 Å². The molecule has 0 aliphatic carbocycles. The molecule has 2 heteroatoms. The lowest BCUT2D eigenvalue weighted by molar-refractivity contribution is 0.146. The third kappa shape index (κ3) is 7.03. The molecule has 0 aliphatic heterocycles. The highest BCUT2D eigenvalue weighted by Gasteiger charge is 2.08. The van der Waals surface area contributed by atoms with Crippen molar-refractivity contribution >= 4 is 0 Å². The number of unbranched alkanes of at least 4 members (excludes halogenated alkanes) is 2. The van der Waals surface area contributed by atoms with Crippen molar-refractivity contribution in [1.82, 2.24) is 10.4 Å². The number of hydrazine groups is 1. The van der Waals surface area contributed by atoms with Gasteiger partial charge in [-0.3, -0.25) is 5.43 Å². The van der Waals surface area contributed by atoms with E-state index in [1.165, 1.54) is 25.7 Å². The fourth-order valence-electron chi connectivity index (χ4n) is 1.42. The molecule has 0 saturated carbocycles. The standard InChI is InChI=1S/C11H26N2/c1-6-7-8-9-11(4)13(5)12-10(2)3/h10-12H,6-9H2,1-5H3. The number of hydrogen-bond acceptors (Lipinski definition) is 2. The van der Waals surface area contributed by atoms with Gasteiger partial charge in [-0.25, -0.2) is 5.01 Å². The van der Waals surface area contributed by atoms with Crippen LogP contribution < -0.4 is 5.43 Å². The van der Waals surface area contributed by atoms with E-state index in [0.717, 1.165) is 0 Å². The van der Waals surface area contributed by atoms with E-state index in [2.05, 4.69) is 45.2 Å². The lowest BCUT2D eigenvalue weighted by Crippen LogP contribution is -2.44. The molecule has 0 aromatic heterocycles. The van der Waals surface area contributed by atoms with E-state index >= 15 is 0 Å². The monoisotopic (exact) mass is 186 g/mol. The third-order valence-corrected chi connectivity index (χ3v) is 2.35. The molecule has 0 radical (unpaired) electrons. The zero-order valence-electron chi connectivity index (χ0n) is 9.93. The fraction of sp³-hybridized carbons (Fsp3) is 1.00. The van der Waals surface area contributed by atoms with Gasteiger partial charge in [-0.1, -0.05) is 26.2 Å². The Morgan fingerprint density at radius 2 is 1.77 bits per heavy atom. The van der Waals surface area contributed by atoms with Gasteiger partial charge in [0.25, 0.3) is 0 Å². The highest BCUT2D eigenvalue weighted by atomic mass is 15.5. The molecule has 80 valence electrons. The predicted octanol–water partition coefficient (Wildman–Crippen LogP) is 2.80. The highest BCUT2D eigenvalue weighted by Crippen LogP contribution is 2.06. The molecule has 0 aliphatic rings. The Morgan fingerprint density at radius 1 is 1.15 bits per heavy atom. The highest BCUT2D eigenvalue weighted by molar-refractivity contribution is 4.61. The van der Waals surface area contributed by atoms with Crippen LogP contribution in [0.5, 0.6) is 0 Å². The summed E-state index contributed by atoms with van der Waals surface area (Å²) < 4.78 is 0. The Balaban J connectivity index is 3.50. The third-order valence-electron chi connectivity index (χ3n) is 2.35. The summed E-state index contributed by atoms with van der Waals surface area (Å²) in [6, 6.07) is 1.19. The van der Waals surface area contributed by atoms with Crippen LogP contribution in [-0.2, 0) is 0 Å². The van der Waals surface area contributed by atoms with E-state index in [1.807, 2.05) is 0 Å². The van der Waals surface area contributed by atoms with Crippen LogP contribution in [0.2, 0.25) is 0 Å². The van der Waals surface area contributed by atoms with Crippen molar-refractivity contribution < 1.29 is 0 Å². The van der Waals surface area contributed by atoms with Crippen molar-refractivity contribution in [2.24, 2.45) is 0 Å². The van der Waals surface area contributed by atoms with Crippen LogP contribution in [0.15, 0.2) is 0 Å². The van der Waals surface area contributed by atoms with Gasteiger partial charge < -0.3 is 0 Å². The first-order valence-corrected chi connectivity index (χ1v) is 5.57. The Labute approximate surface area is 83.7 Å². The Bertz CT molecular complexity index is 113. The molecule has 0 rings (SSSR count). The van der Waals surface area contributed by atoms with Crippen molar-refractivity contribution in [3.05, 3.63) is 0 Å². The minimum atomic E-state index is 0.540. The van der Waals surface area contributed by atoms with Crippen LogP contribution in [0.25, 0.3) is 0 Å². The normalized spacial score (nSPS) is 14.1. The molecule has 1 N–H and O–H groups in total. The topological polar surface area (TPSA) is 15.3 Å². The molecule has 1 unspecified atom stereocenters. The Morgan fingerprint density at radius 3 is 2.23 bits per heavy atom. The lowest BCUT2D eigenvalue weighted by Gasteiger charge is -2.27. The molecule has 0 spiro atoms. The molecule has 0 amide bonds. The Hall–Kier alpha value is -0.0800. The summed E-state index contributed by atoms with van der Waals surface area (Å²) in [5.74, 6) is 0. The van der Waals surface area contributed by atoms with Gasteiger partial charge in [-0.2, -0.15) is 0 Å². The quantitative estimate of drug-likeness (QED) is 0.486. The van der Waals surface area contributed by atoms with Gasteiger partial charge >= 0.3 is 0 Å². The van der Waals surface area contributed by atoms with Crippen LogP contribution in [0, 0.1) is 0 Å². The van der Waals surface area contributed by atoms with Crippen LogP contribution in [-0.4, -0.2) is 24.1 Å². The smallest absolute Gasteiger partial charge is 0.0212 e. The zero-order chi connectivity index (χ0) is 10.3.